The Hall–Kier alpha value is -4.22. The SMILES string of the molecule is CCc1cn2ncnc(N)c2c1-c1ccc(NC(=O)Nc2cc(C(F)(F)F)ccc2F)c(F)c1. The van der Waals surface area contributed by atoms with Crippen molar-refractivity contribution in [2.24, 2.45) is 0 Å². The minimum atomic E-state index is -4.72. The van der Waals surface area contributed by atoms with Gasteiger partial charge in [-0.15, -0.1) is 0 Å². The van der Waals surface area contributed by atoms with Crippen LogP contribution in [0.2, 0.25) is 0 Å². The summed E-state index contributed by atoms with van der Waals surface area (Å²) < 4.78 is 68.8. The molecule has 12 heteroatoms. The lowest BCUT2D eigenvalue weighted by atomic mass is 10.0. The zero-order valence-electron chi connectivity index (χ0n) is 17.5. The number of alkyl halides is 3. The summed E-state index contributed by atoms with van der Waals surface area (Å²) in [6.07, 6.45) is -1.07. The Kier molecular flexibility index (Phi) is 5.82. The van der Waals surface area contributed by atoms with Crippen LogP contribution in [0.4, 0.5) is 43.9 Å². The van der Waals surface area contributed by atoms with E-state index in [1.54, 1.807) is 6.20 Å². The predicted octanol–water partition coefficient (Wildman–Crippen LogP) is 5.48. The number of carbonyl (C=O) groups excluding carboxylic acids is 1. The zero-order valence-corrected chi connectivity index (χ0v) is 17.5. The van der Waals surface area contributed by atoms with Crippen LogP contribution in [0.5, 0.6) is 0 Å². The van der Waals surface area contributed by atoms with Crippen molar-refractivity contribution < 1.29 is 26.7 Å². The first kappa shape index (κ1) is 23.0. The summed E-state index contributed by atoms with van der Waals surface area (Å²) in [6.45, 7) is 1.91. The number of anilines is 3. The van der Waals surface area contributed by atoms with E-state index in [2.05, 4.69) is 15.4 Å². The number of urea groups is 1. The summed E-state index contributed by atoms with van der Waals surface area (Å²) in [5, 5.41) is 8.24. The van der Waals surface area contributed by atoms with Gasteiger partial charge < -0.3 is 16.4 Å². The highest BCUT2D eigenvalue weighted by Crippen LogP contribution is 2.35. The Morgan fingerprint density at radius 3 is 2.47 bits per heavy atom. The van der Waals surface area contributed by atoms with E-state index in [4.69, 9.17) is 5.73 Å². The molecule has 0 bridgehead atoms. The Morgan fingerprint density at radius 2 is 1.79 bits per heavy atom. The highest BCUT2D eigenvalue weighted by atomic mass is 19.4. The number of aromatic nitrogens is 3. The molecule has 0 aliphatic carbocycles. The fraction of sp³-hybridized carbons (Fsp3) is 0.136. The van der Waals surface area contributed by atoms with Gasteiger partial charge in [0, 0.05) is 11.8 Å². The maximum absolute atomic E-state index is 14.8. The third-order valence-corrected chi connectivity index (χ3v) is 5.11. The molecule has 4 aromatic rings. The van der Waals surface area contributed by atoms with Crippen molar-refractivity contribution in [1.29, 1.82) is 0 Å². The summed E-state index contributed by atoms with van der Waals surface area (Å²) in [7, 11) is 0. The molecule has 0 unspecified atom stereocenters. The van der Waals surface area contributed by atoms with Crippen molar-refractivity contribution in [1.82, 2.24) is 14.6 Å². The van der Waals surface area contributed by atoms with Gasteiger partial charge in [-0.3, -0.25) is 0 Å². The molecule has 2 heterocycles. The molecular weight excluding hydrogens is 459 g/mol. The second kappa shape index (κ2) is 8.61. The van der Waals surface area contributed by atoms with Crippen molar-refractivity contribution in [2.45, 2.75) is 19.5 Å². The number of nitrogens with one attached hydrogen (secondary N) is 2. The number of nitrogens with two attached hydrogens (primary N) is 1. The number of hydrogen-bond donors (Lipinski definition) is 3. The molecule has 0 atom stereocenters. The van der Waals surface area contributed by atoms with Crippen LogP contribution in [0.1, 0.15) is 18.1 Å². The number of halogens is 5. The lowest BCUT2D eigenvalue weighted by Gasteiger charge is -2.13. The van der Waals surface area contributed by atoms with Crippen LogP contribution in [-0.4, -0.2) is 20.6 Å². The van der Waals surface area contributed by atoms with Crippen LogP contribution in [0.3, 0.4) is 0 Å². The van der Waals surface area contributed by atoms with Gasteiger partial charge in [-0.05, 0) is 47.9 Å². The zero-order chi connectivity index (χ0) is 24.6. The van der Waals surface area contributed by atoms with Crippen LogP contribution < -0.4 is 16.4 Å². The van der Waals surface area contributed by atoms with Crippen molar-refractivity contribution in [3.8, 4) is 11.1 Å². The molecular formula is C22H17F5N6O. The van der Waals surface area contributed by atoms with E-state index in [1.807, 2.05) is 12.2 Å². The third-order valence-electron chi connectivity index (χ3n) is 5.11. The van der Waals surface area contributed by atoms with Gasteiger partial charge in [0.2, 0.25) is 0 Å². The average Bonchev–Trinajstić information content (AvgIpc) is 3.16. The third kappa shape index (κ3) is 4.34. The van der Waals surface area contributed by atoms with Gasteiger partial charge >= 0.3 is 12.2 Å². The molecule has 0 aliphatic rings. The number of nitrogen functional groups attached to an aromatic ring is 1. The Balaban J connectivity index is 1.60. The van der Waals surface area contributed by atoms with Crippen LogP contribution in [0, 0.1) is 11.6 Å². The van der Waals surface area contributed by atoms with Gasteiger partial charge in [-0.25, -0.2) is 23.1 Å². The van der Waals surface area contributed by atoms with Gasteiger partial charge in [-0.2, -0.15) is 18.3 Å². The number of benzene rings is 2. The summed E-state index contributed by atoms with van der Waals surface area (Å²) in [6, 6.07) is 4.43. The van der Waals surface area contributed by atoms with Crippen LogP contribution in [0.25, 0.3) is 16.6 Å². The lowest BCUT2D eigenvalue weighted by molar-refractivity contribution is -0.137. The van der Waals surface area contributed by atoms with Crippen molar-refractivity contribution in [3.05, 3.63) is 71.7 Å². The number of amides is 2. The molecule has 7 nitrogen and oxygen atoms in total. The number of rotatable bonds is 4. The van der Waals surface area contributed by atoms with Gasteiger partial charge in [0.15, 0.2) is 5.82 Å². The fourth-order valence-electron chi connectivity index (χ4n) is 3.52. The van der Waals surface area contributed by atoms with Gasteiger partial charge in [0.05, 0.1) is 16.9 Å². The standard InChI is InChI=1S/C22H17F5N6O/c1-2-11-9-33-19(20(28)29-10-30-33)18(11)12-3-6-16(15(24)7-12)31-21(34)32-17-8-13(22(25,26)27)4-5-14(17)23/h3-10H,2H2,1H3,(H2,28,29,30)(H2,31,32,34). The van der Waals surface area contributed by atoms with Crippen molar-refractivity contribution >= 4 is 28.7 Å². The number of hydrogen-bond acceptors (Lipinski definition) is 4. The first-order valence-electron chi connectivity index (χ1n) is 9.93. The molecule has 0 saturated carbocycles. The van der Waals surface area contributed by atoms with Crippen molar-refractivity contribution in [2.75, 3.05) is 16.4 Å². The predicted molar refractivity (Wildman–Crippen MR) is 116 cm³/mol. The first-order valence-corrected chi connectivity index (χ1v) is 9.93. The highest BCUT2D eigenvalue weighted by Gasteiger charge is 2.31. The van der Waals surface area contributed by atoms with E-state index in [1.165, 1.54) is 29.0 Å². The maximum atomic E-state index is 14.8. The largest absolute Gasteiger partial charge is 0.416 e. The Morgan fingerprint density at radius 1 is 1.06 bits per heavy atom. The normalized spacial score (nSPS) is 11.6. The second-order valence-electron chi connectivity index (χ2n) is 7.29. The summed E-state index contributed by atoms with van der Waals surface area (Å²) in [5.74, 6) is -1.70. The molecule has 0 saturated heterocycles. The second-order valence-corrected chi connectivity index (χ2v) is 7.29. The smallest absolute Gasteiger partial charge is 0.382 e. The Labute approximate surface area is 189 Å². The molecule has 2 aromatic heterocycles. The molecule has 4 N–H and O–H groups in total. The van der Waals surface area contributed by atoms with E-state index in [9.17, 15) is 26.7 Å². The highest BCUT2D eigenvalue weighted by molar-refractivity contribution is 6.00. The van der Waals surface area contributed by atoms with E-state index >= 15 is 0 Å². The number of nitrogens with zero attached hydrogens (tertiary/aromatic N) is 3. The fourth-order valence-corrected chi connectivity index (χ4v) is 3.52. The molecule has 4 rings (SSSR count). The molecule has 2 aromatic carbocycles. The maximum Gasteiger partial charge on any atom is 0.416 e. The molecule has 0 spiro atoms. The number of fused-ring (bicyclic) bond motifs is 1. The monoisotopic (exact) mass is 476 g/mol. The van der Waals surface area contributed by atoms with Crippen molar-refractivity contribution in [3.63, 3.8) is 0 Å². The summed E-state index contributed by atoms with van der Waals surface area (Å²) in [4.78, 5) is 16.2. The minimum absolute atomic E-state index is 0.204. The molecule has 0 fully saturated rings. The lowest BCUT2D eigenvalue weighted by Crippen LogP contribution is -2.21. The summed E-state index contributed by atoms with van der Waals surface area (Å²) in [5.41, 5.74) is 6.29. The van der Waals surface area contributed by atoms with Crippen LogP contribution in [-0.2, 0) is 12.6 Å². The van der Waals surface area contributed by atoms with Crippen LogP contribution >= 0.6 is 0 Å². The molecule has 2 amide bonds. The number of aryl methyl sites for hydroxylation is 1. The van der Waals surface area contributed by atoms with E-state index in [0.717, 1.165) is 5.56 Å². The minimum Gasteiger partial charge on any atom is -0.382 e. The number of carbonyl (C=O) groups is 1. The topological polar surface area (TPSA) is 97.3 Å². The van der Waals surface area contributed by atoms with Gasteiger partial charge in [-0.1, -0.05) is 13.0 Å². The molecule has 176 valence electrons. The molecule has 34 heavy (non-hydrogen) atoms. The van der Waals surface area contributed by atoms with E-state index in [0.29, 0.717) is 41.3 Å². The van der Waals surface area contributed by atoms with E-state index < -0.39 is 35.1 Å². The van der Waals surface area contributed by atoms with E-state index in [-0.39, 0.29) is 11.5 Å². The van der Waals surface area contributed by atoms with Gasteiger partial charge in [0.1, 0.15) is 23.5 Å². The Bertz CT molecular complexity index is 1400. The van der Waals surface area contributed by atoms with Gasteiger partial charge in [0.25, 0.3) is 0 Å². The summed E-state index contributed by atoms with van der Waals surface area (Å²) >= 11 is 0. The molecule has 0 aliphatic heterocycles. The van der Waals surface area contributed by atoms with Crippen LogP contribution in [0.15, 0.2) is 48.9 Å². The molecule has 0 radical (unpaired) electrons. The first-order chi connectivity index (χ1) is 16.1. The quantitative estimate of drug-likeness (QED) is 0.340. The average molecular weight is 476 g/mol.